The summed E-state index contributed by atoms with van der Waals surface area (Å²) < 4.78 is 7.54. The monoisotopic (exact) mass is 425 g/mol. The van der Waals surface area contributed by atoms with E-state index in [9.17, 15) is 9.59 Å². The summed E-state index contributed by atoms with van der Waals surface area (Å²) in [5.74, 6) is 0.134. The fourth-order valence-corrected chi connectivity index (χ4v) is 4.10. The van der Waals surface area contributed by atoms with Gasteiger partial charge in [-0.05, 0) is 31.6 Å². The molecule has 2 amide bonds. The average Bonchev–Trinajstić information content (AvgIpc) is 3.36. The fraction of sp³-hybridized carbons (Fsp3) is 0.333. The van der Waals surface area contributed by atoms with Crippen LogP contribution in [-0.2, 0) is 22.7 Å². The smallest absolute Gasteiger partial charge is 0.251 e. The molecule has 1 unspecified atom stereocenters. The van der Waals surface area contributed by atoms with Crippen molar-refractivity contribution in [1.29, 1.82) is 0 Å². The third kappa shape index (κ3) is 4.58. The highest BCUT2D eigenvalue weighted by atomic mass is 32.1. The van der Waals surface area contributed by atoms with E-state index in [0.717, 1.165) is 23.4 Å². The van der Waals surface area contributed by atoms with Gasteiger partial charge in [-0.15, -0.1) is 16.4 Å². The molecule has 1 aromatic carbocycles. The molecule has 3 heterocycles. The molecule has 156 valence electrons. The van der Waals surface area contributed by atoms with E-state index in [-0.39, 0.29) is 11.8 Å². The summed E-state index contributed by atoms with van der Waals surface area (Å²) in [6.07, 6.45) is 2.45. The summed E-state index contributed by atoms with van der Waals surface area (Å²) in [6, 6.07) is 7.85. The normalized spacial score (nSPS) is 16.7. The molecule has 0 saturated carbocycles. The maximum Gasteiger partial charge on any atom is 0.251 e. The molecule has 0 radical (unpaired) electrons. The van der Waals surface area contributed by atoms with Gasteiger partial charge < -0.3 is 9.64 Å². The largest absolute Gasteiger partial charge is 0.487 e. The van der Waals surface area contributed by atoms with E-state index in [1.54, 1.807) is 6.20 Å². The number of piperidine rings is 1. The van der Waals surface area contributed by atoms with Gasteiger partial charge in [-0.2, -0.15) is 0 Å². The van der Waals surface area contributed by atoms with E-state index in [1.807, 2.05) is 24.9 Å². The number of rotatable bonds is 7. The lowest BCUT2D eigenvalue weighted by atomic mass is 10.1. The summed E-state index contributed by atoms with van der Waals surface area (Å²) in [7, 11) is 4.09. The summed E-state index contributed by atoms with van der Waals surface area (Å²) in [4.78, 5) is 25.5. The van der Waals surface area contributed by atoms with Crippen molar-refractivity contribution in [2.45, 2.75) is 32.0 Å². The Morgan fingerprint density at radius 3 is 2.70 bits per heavy atom. The third-order valence-electron chi connectivity index (χ3n) is 4.86. The van der Waals surface area contributed by atoms with Crippen LogP contribution in [0.25, 0.3) is 11.3 Å². The van der Waals surface area contributed by atoms with E-state index in [1.165, 1.54) is 21.6 Å². The lowest BCUT2D eigenvalue weighted by Gasteiger charge is -2.20. The van der Waals surface area contributed by atoms with Gasteiger partial charge in [-0.3, -0.25) is 14.9 Å². The quantitative estimate of drug-likeness (QED) is 0.586. The second kappa shape index (κ2) is 8.76. The zero-order valence-corrected chi connectivity index (χ0v) is 17.7. The predicted octanol–water partition coefficient (Wildman–Crippen LogP) is 2.62. The van der Waals surface area contributed by atoms with Crippen molar-refractivity contribution in [3.8, 4) is 17.0 Å². The number of imide groups is 1. The number of benzene rings is 1. The van der Waals surface area contributed by atoms with Gasteiger partial charge >= 0.3 is 0 Å². The molecule has 1 aliphatic heterocycles. The Hall–Kier alpha value is -3.04. The van der Waals surface area contributed by atoms with Gasteiger partial charge in [0.05, 0.1) is 11.8 Å². The Morgan fingerprint density at radius 1 is 1.20 bits per heavy atom. The minimum absolute atomic E-state index is 0.250. The predicted molar refractivity (Wildman–Crippen MR) is 113 cm³/mol. The SMILES string of the molecule is CN(C)Cc1ccc(COc2cscc2-c2cn(C3CCC(=O)NC3=O)nn2)cc1. The highest BCUT2D eigenvalue weighted by Crippen LogP contribution is 2.33. The molecule has 9 heteroatoms. The molecular weight excluding hydrogens is 402 g/mol. The second-order valence-corrected chi connectivity index (χ2v) is 8.29. The zero-order chi connectivity index (χ0) is 21.1. The molecule has 1 atom stereocenters. The van der Waals surface area contributed by atoms with Crippen LogP contribution in [0, 0.1) is 0 Å². The van der Waals surface area contributed by atoms with E-state index in [4.69, 9.17) is 4.74 Å². The maximum atomic E-state index is 12.1. The Labute approximate surface area is 178 Å². The van der Waals surface area contributed by atoms with Crippen molar-refractivity contribution in [3.05, 3.63) is 52.3 Å². The highest BCUT2D eigenvalue weighted by molar-refractivity contribution is 7.08. The Balaban J connectivity index is 1.43. The number of hydrogen-bond donors (Lipinski definition) is 1. The molecule has 0 aliphatic carbocycles. The molecule has 1 N–H and O–H groups in total. The fourth-order valence-electron chi connectivity index (χ4n) is 3.34. The molecule has 3 aromatic rings. The molecule has 0 spiro atoms. The zero-order valence-electron chi connectivity index (χ0n) is 16.9. The number of nitrogens with zero attached hydrogens (tertiary/aromatic N) is 4. The number of amides is 2. The molecule has 1 fully saturated rings. The summed E-state index contributed by atoms with van der Waals surface area (Å²) >= 11 is 1.52. The van der Waals surface area contributed by atoms with Crippen molar-refractivity contribution in [2.24, 2.45) is 0 Å². The Morgan fingerprint density at radius 2 is 1.97 bits per heavy atom. The number of thiophene rings is 1. The topological polar surface area (TPSA) is 89.4 Å². The molecule has 1 aliphatic rings. The van der Waals surface area contributed by atoms with Crippen LogP contribution in [0.15, 0.2) is 41.2 Å². The van der Waals surface area contributed by atoms with E-state index in [2.05, 4.69) is 44.8 Å². The number of hydrogen-bond acceptors (Lipinski definition) is 7. The van der Waals surface area contributed by atoms with E-state index < -0.39 is 6.04 Å². The molecule has 2 aromatic heterocycles. The van der Waals surface area contributed by atoms with Gasteiger partial charge in [0.2, 0.25) is 5.91 Å². The van der Waals surface area contributed by atoms with Crippen LogP contribution in [0.4, 0.5) is 0 Å². The van der Waals surface area contributed by atoms with Crippen molar-refractivity contribution >= 4 is 23.2 Å². The van der Waals surface area contributed by atoms with Gasteiger partial charge in [0.1, 0.15) is 24.1 Å². The van der Waals surface area contributed by atoms with Crippen molar-refractivity contribution in [1.82, 2.24) is 25.2 Å². The maximum absolute atomic E-state index is 12.1. The lowest BCUT2D eigenvalue weighted by Crippen LogP contribution is -2.41. The summed E-state index contributed by atoms with van der Waals surface area (Å²) in [5, 5.41) is 14.5. The minimum Gasteiger partial charge on any atom is -0.487 e. The molecule has 30 heavy (non-hydrogen) atoms. The molecule has 0 bridgehead atoms. The Bertz CT molecular complexity index is 1040. The average molecular weight is 426 g/mol. The standard InChI is InChI=1S/C21H23N5O3S/c1-25(2)9-14-3-5-15(6-4-14)11-29-19-13-30-12-16(19)17-10-26(24-23-17)18-7-8-20(27)22-21(18)28/h3-6,10,12-13,18H,7-9,11H2,1-2H3,(H,22,27,28). The summed E-state index contributed by atoms with van der Waals surface area (Å²) in [6.45, 7) is 1.35. The minimum atomic E-state index is -0.521. The first-order valence-electron chi connectivity index (χ1n) is 9.67. The molecule has 4 rings (SSSR count). The van der Waals surface area contributed by atoms with E-state index in [0.29, 0.717) is 25.1 Å². The Kier molecular flexibility index (Phi) is 5.91. The van der Waals surface area contributed by atoms with E-state index >= 15 is 0 Å². The highest BCUT2D eigenvalue weighted by Gasteiger charge is 2.29. The number of carbonyl (C=O) groups is 2. The first-order chi connectivity index (χ1) is 14.5. The lowest BCUT2D eigenvalue weighted by molar-refractivity contribution is -0.136. The number of carbonyl (C=O) groups excluding carboxylic acids is 2. The second-order valence-electron chi connectivity index (χ2n) is 7.54. The first-order valence-corrected chi connectivity index (χ1v) is 10.6. The van der Waals surface area contributed by atoms with Gasteiger partial charge in [0, 0.05) is 23.7 Å². The van der Waals surface area contributed by atoms with Crippen molar-refractivity contribution in [3.63, 3.8) is 0 Å². The van der Waals surface area contributed by atoms with Crippen LogP contribution in [0.3, 0.4) is 0 Å². The van der Waals surface area contributed by atoms with Crippen LogP contribution in [0.2, 0.25) is 0 Å². The van der Waals surface area contributed by atoms with Crippen LogP contribution in [0.5, 0.6) is 5.75 Å². The van der Waals surface area contributed by atoms with Crippen LogP contribution < -0.4 is 10.1 Å². The van der Waals surface area contributed by atoms with Crippen molar-refractivity contribution in [2.75, 3.05) is 14.1 Å². The van der Waals surface area contributed by atoms with Gasteiger partial charge in [-0.1, -0.05) is 29.5 Å². The third-order valence-corrected chi connectivity index (χ3v) is 5.58. The molecule has 1 saturated heterocycles. The van der Waals surface area contributed by atoms with Gasteiger partial charge in [0.15, 0.2) is 0 Å². The van der Waals surface area contributed by atoms with Crippen molar-refractivity contribution < 1.29 is 14.3 Å². The molecule has 8 nitrogen and oxygen atoms in total. The number of ether oxygens (including phenoxy) is 1. The van der Waals surface area contributed by atoms with Crippen LogP contribution >= 0.6 is 11.3 Å². The number of aromatic nitrogens is 3. The molecular formula is C21H23N5O3S. The number of nitrogens with one attached hydrogen (secondary N) is 1. The van der Waals surface area contributed by atoms with Gasteiger partial charge in [-0.25, -0.2) is 4.68 Å². The van der Waals surface area contributed by atoms with Crippen LogP contribution in [-0.4, -0.2) is 45.8 Å². The van der Waals surface area contributed by atoms with Crippen LogP contribution in [0.1, 0.15) is 30.0 Å². The van der Waals surface area contributed by atoms with Gasteiger partial charge in [0.25, 0.3) is 5.91 Å². The first kappa shape index (κ1) is 20.2. The summed E-state index contributed by atoms with van der Waals surface area (Å²) in [5.41, 5.74) is 3.81.